The Balaban J connectivity index is 0.000000396. The van der Waals surface area contributed by atoms with Gasteiger partial charge in [0.15, 0.2) is 0 Å². The molecule has 0 aliphatic carbocycles. The zero-order valence-electron chi connectivity index (χ0n) is 9.77. The van der Waals surface area contributed by atoms with Gasteiger partial charge in [0.2, 0.25) is 0 Å². The number of hydrogen-bond acceptors (Lipinski definition) is 1. The molecule has 0 radical (unpaired) electrons. The molecule has 0 saturated carbocycles. The van der Waals surface area contributed by atoms with Crippen LogP contribution in [0.1, 0.15) is 59.8 Å². The summed E-state index contributed by atoms with van der Waals surface area (Å²) in [5.74, 6) is 0. The summed E-state index contributed by atoms with van der Waals surface area (Å²) >= 11 is 0. The molecule has 2 aliphatic heterocycles. The molecular formula is C12H25N. The molecule has 78 valence electrons. The standard InChI is InChI=1S/C10H19N.C2H6/c1-10(2)7-3-5-9-6-4-8-11(9)10;1-2/h9H,3-8H2,1-2H3;1-2H3. The van der Waals surface area contributed by atoms with E-state index in [1.807, 2.05) is 13.8 Å². The summed E-state index contributed by atoms with van der Waals surface area (Å²) in [6.45, 7) is 10.2. The lowest BCUT2D eigenvalue weighted by molar-refractivity contribution is 0.0567. The van der Waals surface area contributed by atoms with Gasteiger partial charge >= 0.3 is 0 Å². The normalized spacial score (nSPS) is 31.8. The molecule has 2 heterocycles. The third kappa shape index (κ3) is 2.25. The van der Waals surface area contributed by atoms with Crippen LogP contribution in [0.4, 0.5) is 0 Å². The highest BCUT2D eigenvalue weighted by Gasteiger charge is 2.38. The summed E-state index contributed by atoms with van der Waals surface area (Å²) in [6, 6.07) is 0.943. The zero-order chi connectivity index (χ0) is 9.90. The Morgan fingerprint density at radius 2 is 1.69 bits per heavy atom. The third-order valence-corrected chi connectivity index (χ3v) is 3.48. The molecule has 1 nitrogen and oxygen atoms in total. The van der Waals surface area contributed by atoms with Crippen molar-refractivity contribution >= 4 is 0 Å². The second kappa shape index (κ2) is 4.45. The Labute approximate surface area is 83.5 Å². The quantitative estimate of drug-likeness (QED) is 0.556. The summed E-state index contributed by atoms with van der Waals surface area (Å²) in [5, 5.41) is 0. The van der Waals surface area contributed by atoms with Crippen molar-refractivity contribution < 1.29 is 0 Å². The predicted molar refractivity (Wildman–Crippen MR) is 59.0 cm³/mol. The summed E-state index contributed by atoms with van der Waals surface area (Å²) in [4.78, 5) is 2.73. The maximum Gasteiger partial charge on any atom is 0.0156 e. The van der Waals surface area contributed by atoms with Gasteiger partial charge in [-0.1, -0.05) is 20.3 Å². The molecular weight excluding hydrogens is 158 g/mol. The van der Waals surface area contributed by atoms with Crippen LogP contribution in [0.5, 0.6) is 0 Å². The highest BCUT2D eigenvalue weighted by molar-refractivity contribution is 4.94. The summed E-state index contributed by atoms with van der Waals surface area (Å²) in [5.41, 5.74) is 0.513. The van der Waals surface area contributed by atoms with Crippen LogP contribution in [0, 0.1) is 0 Å². The molecule has 2 rings (SSSR count). The lowest BCUT2D eigenvalue weighted by Crippen LogP contribution is -2.49. The first-order chi connectivity index (χ1) is 6.20. The van der Waals surface area contributed by atoms with Gasteiger partial charge in [0.25, 0.3) is 0 Å². The molecule has 2 saturated heterocycles. The molecule has 0 aromatic carbocycles. The van der Waals surface area contributed by atoms with Gasteiger partial charge in [-0.2, -0.15) is 0 Å². The lowest BCUT2D eigenvalue weighted by Gasteiger charge is -2.44. The van der Waals surface area contributed by atoms with Crippen LogP contribution in [-0.4, -0.2) is 23.0 Å². The van der Waals surface area contributed by atoms with E-state index in [1.165, 1.54) is 38.6 Å². The van der Waals surface area contributed by atoms with Gasteiger partial charge in [-0.3, -0.25) is 4.90 Å². The lowest BCUT2D eigenvalue weighted by atomic mass is 9.87. The molecule has 1 unspecified atom stereocenters. The average molecular weight is 183 g/mol. The molecule has 2 aliphatic rings. The summed E-state index contributed by atoms with van der Waals surface area (Å²) in [7, 11) is 0. The number of fused-ring (bicyclic) bond motifs is 1. The number of rotatable bonds is 0. The highest BCUT2D eigenvalue weighted by Crippen LogP contribution is 2.36. The minimum atomic E-state index is 0.513. The van der Waals surface area contributed by atoms with Crippen LogP contribution in [-0.2, 0) is 0 Å². The maximum atomic E-state index is 2.73. The van der Waals surface area contributed by atoms with Crippen LogP contribution in [0.25, 0.3) is 0 Å². The third-order valence-electron chi connectivity index (χ3n) is 3.48. The Hall–Kier alpha value is -0.0400. The van der Waals surface area contributed by atoms with E-state index in [0.29, 0.717) is 5.54 Å². The van der Waals surface area contributed by atoms with Crippen molar-refractivity contribution in [2.75, 3.05) is 6.54 Å². The topological polar surface area (TPSA) is 3.24 Å². The van der Waals surface area contributed by atoms with Gasteiger partial charge in [-0.05, 0) is 46.1 Å². The van der Waals surface area contributed by atoms with Crippen LogP contribution < -0.4 is 0 Å². The Morgan fingerprint density at radius 3 is 2.31 bits per heavy atom. The molecule has 0 spiro atoms. The van der Waals surface area contributed by atoms with E-state index in [2.05, 4.69) is 18.7 Å². The van der Waals surface area contributed by atoms with E-state index in [1.54, 1.807) is 0 Å². The highest BCUT2D eigenvalue weighted by atomic mass is 15.2. The van der Waals surface area contributed by atoms with Gasteiger partial charge < -0.3 is 0 Å². The number of piperidine rings is 1. The minimum Gasteiger partial charge on any atom is -0.295 e. The van der Waals surface area contributed by atoms with E-state index >= 15 is 0 Å². The van der Waals surface area contributed by atoms with Gasteiger partial charge in [0, 0.05) is 11.6 Å². The second-order valence-corrected chi connectivity index (χ2v) is 4.69. The first kappa shape index (κ1) is 11.0. The fourth-order valence-electron chi connectivity index (χ4n) is 2.85. The number of hydrogen-bond donors (Lipinski definition) is 0. The molecule has 0 aromatic heterocycles. The second-order valence-electron chi connectivity index (χ2n) is 4.69. The molecule has 1 heteroatoms. The minimum absolute atomic E-state index is 0.513. The van der Waals surface area contributed by atoms with E-state index in [4.69, 9.17) is 0 Å². The Bertz CT molecular complexity index is 151. The fraction of sp³-hybridized carbons (Fsp3) is 1.00. The van der Waals surface area contributed by atoms with Crippen molar-refractivity contribution in [1.82, 2.24) is 4.90 Å². The van der Waals surface area contributed by atoms with Gasteiger partial charge in [0.05, 0.1) is 0 Å². The molecule has 13 heavy (non-hydrogen) atoms. The molecule has 2 fully saturated rings. The first-order valence-electron chi connectivity index (χ1n) is 5.97. The monoisotopic (exact) mass is 183 g/mol. The maximum absolute atomic E-state index is 2.73. The van der Waals surface area contributed by atoms with Crippen molar-refractivity contribution in [2.45, 2.75) is 71.4 Å². The van der Waals surface area contributed by atoms with Crippen molar-refractivity contribution in [1.29, 1.82) is 0 Å². The van der Waals surface area contributed by atoms with Gasteiger partial charge in [0.1, 0.15) is 0 Å². The SMILES string of the molecule is CC.CC1(C)CCCC2CCCN21. The van der Waals surface area contributed by atoms with Crippen LogP contribution in [0.3, 0.4) is 0 Å². The van der Waals surface area contributed by atoms with Crippen molar-refractivity contribution in [3.8, 4) is 0 Å². The Kier molecular flexibility index (Phi) is 3.78. The zero-order valence-corrected chi connectivity index (χ0v) is 9.77. The van der Waals surface area contributed by atoms with E-state index in [-0.39, 0.29) is 0 Å². The molecule has 0 bridgehead atoms. The van der Waals surface area contributed by atoms with E-state index in [9.17, 15) is 0 Å². The average Bonchev–Trinajstić information content (AvgIpc) is 2.56. The summed E-state index contributed by atoms with van der Waals surface area (Å²) < 4.78 is 0. The van der Waals surface area contributed by atoms with Crippen molar-refractivity contribution in [3.05, 3.63) is 0 Å². The van der Waals surface area contributed by atoms with Crippen molar-refractivity contribution in [3.63, 3.8) is 0 Å². The largest absolute Gasteiger partial charge is 0.295 e. The smallest absolute Gasteiger partial charge is 0.0156 e. The van der Waals surface area contributed by atoms with E-state index < -0.39 is 0 Å². The molecule has 0 amide bonds. The Morgan fingerprint density at radius 1 is 1.08 bits per heavy atom. The van der Waals surface area contributed by atoms with Gasteiger partial charge in [-0.15, -0.1) is 0 Å². The van der Waals surface area contributed by atoms with Crippen LogP contribution in [0.15, 0.2) is 0 Å². The van der Waals surface area contributed by atoms with E-state index in [0.717, 1.165) is 6.04 Å². The first-order valence-corrected chi connectivity index (χ1v) is 5.97. The number of nitrogens with zero attached hydrogens (tertiary/aromatic N) is 1. The molecule has 0 aromatic rings. The van der Waals surface area contributed by atoms with Crippen molar-refractivity contribution in [2.24, 2.45) is 0 Å². The predicted octanol–water partition coefficient (Wildman–Crippen LogP) is 3.44. The fourth-order valence-corrected chi connectivity index (χ4v) is 2.85. The molecule has 0 N–H and O–H groups in total. The molecule has 1 atom stereocenters. The van der Waals surface area contributed by atoms with Crippen LogP contribution >= 0.6 is 0 Å². The van der Waals surface area contributed by atoms with Gasteiger partial charge in [-0.25, -0.2) is 0 Å². The van der Waals surface area contributed by atoms with Crippen LogP contribution in [0.2, 0.25) is 0 Å². The summed E-state index contributed by atoms with van der Waals surface area (Å²) in [6.07, 6.45) is 7.22.